The monoisotopic (exact) mass is 270 g/mol. The molecule has 1 aliphatic carbocycles. The molecule has 1 unspecified atom stereocenters. The Kier molecular flexibility index (Phi) is 6.27. The third kappa shape index (κ3) is 6.39. The van der Waals surface area contributed by atoms with Crippen LogP contribution in [0.3, 0.4) is 0 Å². The van der Waals surface area contributed by atoms with Crippen molar-refractivity contribution in [1.29, 1.82) is 0 Å². The fraction of sp³-hybridized carbons (Fsp3) is 0.933. The van der Waals surface area contributed by atoms with Gasteiger partial charge in [0.25, 0.3) is 0 Å². The van der Waals surface area contributed by atoms with Gasteiger partial charge in [-0.05, 0) is 39.3 Å². The Morgan fingerprint density at radius 3 is 2.37 bits per heavy atom. The van der Waals surface area contributed by atoms with Gasteiger partial charge in [-0.25, -0.2) is 0 Å². The van der Waals surface area contributed by atoms with Crippen molar-refractivity contribution < 1.29 is 9.90 Å². The van der Waals surface area contributed by atoms with Crippen molar-refractivity contribution in [2.45, 2.75) is 64.0 Å². The predicted octanol–water partition coefficient (Wildman–Crippen LogP) is 1.77. The van der Waals surface area contributed by atoms with Crippen molar-refractivity contribution in [2.24, 2.45) is 5.92 Å². The number of carbonyl (C=O) groups is 1. The van der Waals surface area contributed by atoms with Crippen LogP contribution in [-0.4, -0.2) is 48.2 Å². The molecular weight excluding hydrogens is 240 g/mol. The van der Waals surface area contributed by atoms with Gasteiger partial charge in [-0.1, -0.05) is 26.7 Å². The van der Waals surface area contributed by atoms with Crippen molar-refractivity contribution in [3.05, 3.63) is 0 Å². The van der Waals surface area contributed by atoms with Crippen molar-refractivity contribution in [1.82, 2.24) is 10.2 Å². The molecule has 1 amide bonds. The number of amides is 1. The predicted molar refractivity (Wildman–Crippen MR) is 78.0 cm³/mol. The zero-order chi connectivity index (χ0) is 14.5. The summed E-state index contributed by atoms with van der Waals surface area (Å²) in [6.45, 7) is 5.18. The van der Waals surface area contributed by atoms with Crippen LogP contribution in [0, 0.1) is 5.92 Å². The van der Waals surface area contributed by atoms with E-state index in [1.54, 1.807) is 0 Å². The first-order valence-corrected chi connectivity index (χ1v) is 7.47. The van der Waals surface area contributed by atoms with Crippen LogP contribution < -0.4 is 5.32 Å². The van der Waals surface area contributed by atoms with Gasteiger partial charge < -0.3 is 15.3 Å². The Morgan fingerprint density at radius 2 is 1.89 bits per heavy atom. The average Bonchev–Trinajstić information content (AvgIpc) is 2.61. The fourth-order valence-electron chi connectivity index (χ4n) is 2.98. The Hall–Kier alpha value is -0.610. The largest absolute Gasteiger partial charge is 0.389 e. The molecule has 1 rings (SSSR count). The van der Waals surface area contributed by atoms with Crippen LogP contribution in [0.4, 0.5) is 0 Å². The van der Waals surface area contributed by atoms with Crippen LogP contribution in [0.5, 0.6) is 0 Å². The molecular formula is C15H30N2O2. The molecule has 0 spiro atoms. The van der Waals surface area contributed by atoms with Gasteiger partial charge >= 0.3 is 0 Å². The maximum atomic E-state index is 12.1. The first kappa shape index (κ1) is 16.4. The summed E-state index contributed by atoms with van der Waals surface area (Å²) >= 11 is 0. The zero-order valence-corrected chi connectivity index (χ0v) is 12.9. The quantitative estimate of drug-likeness (QED) is 0.741. The summed E-state index contributed by atoms with van der Waals surface area (Å²) in [4.78, 5) is 14.2. The van der Waals surface area contributed by atoms with Gasteiger partial charge in [-0.3, -0.25) is 4.79 Å². The van der Waals surface area contributed by atoms with Gasteiger partial charge in [-0.15, -0.1) is 0 Å². The molecule has 0 bridgehead atoms. The highest BCUT2D eigenvalue weighted by Gasteiger charge is 2.33. The molecule has 0 radical (unpaired) electrons. The van der Waals surface area contributed by atoms with E-state index in [4.69, 9.17) is 0 Å². The van der Waals surface area contributed by atoms with Gasteiger partial charge in [-0.2, -0.15) is 0 Å². The lowest BCUT2D eigenvalue weighted by Crippen LogP contribution is -2.45. The Labute approximate surface area is 117 Å². The molecule has 0 aromatic heterocycles. The number of likely N-dealkylation sites (N-methyl/N-ethyl adjacent to an activating group) is 1. The highest BCUT2D eigenvalue weighted by atomic mass is 16.3. The van der Waals surface area contributed by atoms with Crippen LogP contribution in [0.1, 0.15) is 52.4 Å². The van der Waals surface area contributed by atoms with E-state index in [1.807, 2.05) is 14.1 Å². The summed E-state index contributed by atoms with van der Waals surface area (Å²) in [5.41, 5.74) is -0.745. The molecule has 0 heterocycles. The van der Waals surface area contributed by atoms with Gasteiger partial charge in [0.05, 0.1) is 12.0 Å². The minimum absolute atomic E-state index is 0.00287. The van der Waals surface area contributed by atoms with Crippen molar-refractivity contribution in [3.63, 3.8) is 0 Å². The van der Waals surface area contributed by atoms with Crippen molar-refractivity contribution in [3.8, 4) is 0 Å². The molecule has 0 aromatic carbocycles. The second kappa shape index (κ2) is 7.25. The zero-order valence-electron chi connectivity index (χ0n) is 12.9. The molecule has 0 aliphatic heterocycles. The van der Waals surface area contributed by atoms with Gasteiger partial charge in [0.15, 0.2) is 0 Å². The minimum atomic E-state index is -0.745. The molecule has 4 nitrogen and oxygen atoms in total. The second-order valence-electron chi connectivity index (χ2n) is 6.76. The summed E-state index contributed by atoms with van der Waals surface area (Å²) < 4.78 is 0. The fourth-order valence-corrected chi connectivity index (χ4v) is 2.98. The van der Waals surface area contributed by atoms with E-state index >= 15 is 0 Å². The number of aliphatic hydroxyl groups is 1. The van der Waals surface area contributed by atoms with E-state index in [9.17, 15) is 9.90 Å². The van der Waals surface area contributed by atoms with Crippen LogP contribution in [0.2, 0.25) is 0 Å². The normalized spacial score (nSPS) is 19.9. The third-order valence-electron chi connectivity index (χ3n) is 3.73. The lowest BCUT2D eigenvalue weighted by molar-refractivity contribution is -0.126. The Morgan fingerprint density at radius 1 is 1.32 bits per heavy atom. The summed E-state index contributed by atoms with van der Waals surface area (Å²) in [7, 11) is 4.04. The van der Waals surface area contributed by atoms with Crippen LogP contribution >= 0.6 is 0 Å². The van der Waals surface area contributed by atoms with E-state index < -0.39 is 5.60 Å². The van der Waals surface area contributed by atoms with Gasteiger partial charge in [0.2, 0.25) is 5.91 Å². The number of nitrogens with zero attached hydrogens (tertiary/aromatic N) is 1. The average molecular weight is 270 g/mol. The summed E-state index contributed by atoms with van der Waals surface area (Å²) in [6.07, 6.45) is 4.84. The first-order chi connectivity index (χ1) is 8.81. The number of hydrogen-bond acceptors (Lipinski definition) is 3. The van der Waals surface area contributed by atoms with E-state index in [0.717, 1.165) is 38.6 Å². The lowest BCUT2D eigenvalue weighted by atomic mass is 9.96. The Bertz CT molecular complexity index is 274. The highest BCUT2D eigenvalue weighted by molar-refractivity contribution is 5.77. The Balaban J connectivity index is 2.45. The molecule has 112 valence electrons. The van der Waals surface area contributed by atoms with E-state index in [2.05, 4.69) is 24.1 Å². The minimum Gasteiger partial charge on any atom is -0.389 e. The summed E-state index contributed by atoms with van der Waals surface area (Å²) in [5.74, 6) is 0.553. The maximum absolute atomic E-state index is 12.1. The molecule has 0 saturated heterocycles. The van der Waals surface area contributed by atoms with Crippen LogP contribution in [-0.2, 0) is 4.79 Å². The summed E-state index contributed by atoms with van der Waals surface area (Å²) in [5, 5.41) is 13.4. The van der Waals surface area contributed by atoms with E-state index in [-0.39, 0.29) is 18.4 Å². The molecule has 2 N–H and O–H groups in total. The molecule has 0 aromatic rings. The molecule has 4 heteroatoms. The van der Waals surface area contributed by atoms with Crippen LogP contribution in [0.25, 0.3) is 0 Å². The summed E-state index contributed by atoms with van der Waals surface area (Å²) in [6, 6.07) is 0.174. The third-order valence-corrected chi connectivity index (χ3v) is 3.73. The van der Waals surface area contributed by atoms with Gasteiger partial charge in [0, 0.05) is 12.6 Å². The number of nitrogens with one attached hydrogen (secondary N) is 1. The SMILES string of the molecule is CC(C)CC(CN(C)C)NC(=O)CC1(O)CCCC1. The van der Waals surface area contributed by atoms with Crippen LogP contribution in [0.15, 0.2) is 0 Å². The van der Waals surface area contributed by atoms with Crippen molar-refractivity contribution >= 4 is 5.91 Å². The maximum Gasteiger partial charge on any atom is 0.223 e. The number of hydrogen-bond donors (Lipinski definition) is 2. The van der Waals surface area contributed by atoms with Crippen molar-refractivity contribution in [2.75, 3.05) is 20.6 Å². The molecule has 1 aliphatic rings. The smallest absolute Gasteiger partial charge is 0.223 e. The molecule has 19 heavy (non-hydrogen) atoms. The molecule has 1 fully saturated rings. The second-order valence-corrected chi connectivity index (χ2v) is 6.76. The highest BCUT2D eigenvalue weighted by Crippen LogP contribution is 2.32. The number of carbonyl (C=O) groups excluding carboxylic acids is 1. The molecule has 1 atom stereocenters. The lowest BCUT2D eigenvalue weighted by Gasteiger charge is -2.26. The topological polar surface area (TPSA) is 52.6 Å². The molecule has 1 saturated carbocycles. The standard InChI is InChI=1S/C15H30N2O2/c1-12(2)9-13(11-17(3)4)16-14(18)10-15(19)7-5-6-8-15/h12-13,19H,5-11H2,1-4H3,(H,16,18). The van der Waals surface area contributed by atoms with E-state index in [1.165, 1.54) is 0 Å². The van der Waals surface area contributed by atoms with E-state index in [0.29, 0.717) is 5.92 Å². The number of rotatable bonds is 7. The first-order valence-electron chi connectivity index (χ1n) is 7.47. The van der Waals surface area contributed by atoms with Gasteiger partial charge in [0.1, 0.15) is 0 Å².